The number of carboxylic acid groups (broad SMARTS) is 1. The summed E-state index contributed by atoms with van der Waals surface area (Å²) in [6.45, 7) is 3.91. The average molecular weight is 340 g/mol. The number of aromatic amines is 1. The molecule has 3 N–H and O–H groups in total. The van der Waals surface area contributed by atoms with Gasteiger partial charge in [0.05, 0.1) is 0 Å². The predicted molar refractivity (Wildman–Crippen MR) is 93.7 cm³/mol. The van der Waals surface area contributed by atoms with Crippen molar-refractivity contribution in [2.24, 2.45) is 0 Å². The van der Waals surface area contributed by atoms with Crippen molar-refractivity contribution in [3.8, 4) is 0 Å². The molecule has 0 spiro atoms. The third-order valence-electron chi connectivity index (χ3n) is 4.12. The maximum atomic E-state index is 12.3. The van der Waals surface area contributed by atoms with E-state index < -0.39 is 17.9 Å². The topological polar surface area (TPSA) is 95.3 Å². The quantitative estimate of drug-likeness (QED) is 0.641. The largest absolute Gasteiger partial charge is 0.480 e. The van der Waals surface area contributed by atoms with Gasteiger partial charge in [-0.15, -0.1) is 0 Å². The Morgan fingerprint density at radius 1 is 1.20 bits per heavy atom. The Bertz CT molecular complexity index is 907. The molecule has 0 bridgehead atoms. The number of hydrogen-bond donors (Lipinski definition) is 3. The fourth-order valence-electron chi connectivity index (χ4n) is 2.74. The molecule has 3 aromatic rings. The number of carbonyl (C=O) groups excluding carboxylic acids is 1. The molecule has 0 saturated carbocycles. The van der Waals surface area contributed by atoms with Crippen molar-refractivity contribution in [1.29, 1.82) is 0 Å². The molecule has 0 aliphatic heterocycles. The summed E-state index contributed by atoms with van der Waals surface area (Å²) in [4.78, 5) is 27.0. The smallest absolute Gasteiger partial charge is 0.326 e. The van der Waals surface area contributed by atoms with Crippen LogP contribution < -0.4 is 5.32 Å². The standard InChI is InChI=1S/C19H20N2O4/c1-11(2)16-7-8-17(25-16)18(22)21-15(19(23)24)9-12-10-20-14-6-4-3-5-13(12)14/h3-8,10-11,15,20H,9H2,1-2H3,(H,21,22)(H,23,24)/t15-/m1/s1. The molecule has 0 radical (unpaired) electrons. The van der Waals surface area contributed by atoms with Crippen LogP contribution >= 0.6 is 0 Å². The molecule has 1 atom stereocenters. The molecule has 1 amide bonds. The second kappa shape index (κ2) is 6.84. The predicted octanol–water partition coefficient (Wildman–Crippen LogP) is 3.31. The van der Waals surface area contributed by atoms with E-state index in [0.717, 1.165) is 16.5 Å². The van der Waals surface area contributed by atoms with Crippen LogP contribution in [0.25, 0.3) is 10.9 Å². The molecule has 6 heteroatoms. The molecule has 0 unspecified atom stereocenters. The van der Waals surface area contributed by atoms with Gasteiger partial charge in [-0.1, -0.05) is 32.0 Å². The van der Waals surface area contributed by atoms with Gasteiger partial charge in [0.15, 0.2) is 5.76 Å². The number of rotatable bonds is 6. The van der Waals surface area contributed by atoms with Crippen LogP contribution in [0, 0.1) is 0 Å². The number of carboxylic acids is 1. The summed E-state index contributed by atoms with van der Waals surface area (Å²) >= 11 is 0. The first-order valence-electron chi connectivity index (χ1n) is 8.14. The van der Waals surface area contributed by atoms with Gasteiger partial charge in [0.1, 0.15) is 11.8 Å². The van der Waals surface area contributed by atoms with E-state index in [-0.39, 0.29) is 18.1 Å². The highest BCUT2D eigenvalue weighted by molar-refractivity contribution is 5.94. The molecule has 0 saturated heterocycles. The highest BCUT2D eigenvalue weighted by Crippen LogP contribution is 2.20. The van der Waals surface area contributed by atoms with Gasteiger partial charge < -0.3 is 19.8 Å². The zero-order valence-corrected chi connectivity index (χ0v) is 14.1. The van der Waals surface area contributed by atoms with Crippen LogP contribution in [0.3, 0.4) is 0 Å². The van der Waals surface area contributed by atoms with Crippen LogP contribution in [-0.4, -0.2) is 28.0 Å². The summed E-state index contributed by atoms with van der Waals surface area (Å²) in [5.41, 5.74) is 1.77. The van der Waals surface area contributed by atoms with Crippen molar-refractivity contribution >= 4 is 22.8 Å². The lowest BCUT2D eigenvalue weighted by atomic mass is 10.0. The molecular formula is C19H20N2O4. The number of aliphatic carboxylic acids is 1. The number of aromatic nitrogens is 1. The molecule has 130 valence electrons. The Labute approximate surface area is 144 Å². The second-order valence-corrected chi connectivity index (χ2v) is 6.28. The molecule has 1 aromatic carbocycles. The first kappa shape index (κ1) is 16.8. The SMILES string of the molecule is CC(C)c1ccc(C(=O)N[C@H](Cc2c[nH]c3ccccc23)C(=O)O)o1. The van der Waals surface area contributed by atoms with E-state index in [1.54, 1.807) is 18.3 Å². The fourth-order valence-corrected chi connectivity index (χ4v) is 2.74. The zero-order chi connectivity index (χ0) is 18.0. The lowest BCUT2D eigenvalue weighted by molar-refractivity contribution is -0.139. The van der Waals surface area contributed by atoms with Crippen molar-refractivity contribution in [2.75, 3.05) is 0 Å². The van der Waals surface area contributed by atoms with Crippen molar-refractivity contribution in [3.05, 3.63) is 59.7 Å². The molecular weight excluding hydrogens is 320 g/mol. The van der Waals surface area contributed by atoms with Gasteiger partial charge in [-0.3, -0.25) is 4.79 Å². The number of H-pyrrole nitrogens is 1. The van der Waals surface area contributed by atoms with E-state index in [1.807, 2.05) is 38.1 Å². The summed E-state index contributed by atoms with van der Waals surface area (Å²) < 4.78 is 5.48. The number of amides is 1. The Balaban J connectivity index is 1.77. The molecule has 0 fully saturated rings. The van der Waals surface area contributed by atoms with E-state index >= 15 is 0 Å². The van der Waals surface area contributed by atoms with Crippen molar-refractivity contribution in [2.45, 2.75) is 32.2 Å². The number of fused-ring (bicyclic) bond motifs is 1. The lowest BCUT2D eigenvalue weighted by Crippen LogP contribution is -2.42. The third-order valence-corrected chi connectivity index (χ3v) is 4.12. The average Bonchev–Trinajstić information content (AvgIpc) is 3.21. The minimum Gasteiger partial charge on any atom is -0.480 e. The lowest BCUT2D eigenvalue weighted by Gasteiger charge is -2.13. The zero-order valence-electron chi connectivity index (χ0n) is 14.1. The number of nitrogens with one attached hydrogen (secondary N) is 2. The van der Waals surface area contributed by atoms with Crippen molar-refractivity contribution in [1.82, 2.24) is 10.3 Å². The number of hydrogen-bond acceptors (Lipinski definition) is 3. The Kier molecular flexibility index (Phi) is 4.61. The second-order valence-electron chi connectivity index (χ2n) is 6.28. The molecule has 0 aliphatic rings. The van der Waals surface area contributed by atoms with Gasteiger partial charge in [-0.2, -0.15) is 0 Å². The number of furan rings is 1. The van der Waals surface area contributed by atoms with Gasteiger partial charge in [0.25, 0.3) is 5.91 Å². The first-order valence-corrected chi connectivity index (χ1v) is 8.14. The Hall–Kier alpha value is -3.02. The fraction of sp³-hybridized carbons (Fsp3) is 0.263. The maximum Gasteiger partial charge on any atom is 0.326 e. The Morgan fingerprint density at radius 3 is 2.64 bits per heavy atom. The first-order chi connectivity index (χ1) is 12.0. The van der Waals surface area contributed by atoms with E-state index in [2.05, 4.69) is 10.3 Å². The van der Waals surface area contributed by atoms with E-state index in [0.29, 0.717) is 5.76 Å². The van der Waals surface area contributed by atoms with Gasteiger partial charge in [-0.05, 0) is 23.8 Å². The van der Waals surface area contributed by atoms with Crippen LogP contribution in [0.5, 0.6) is 0 Å². The molecule has 2 aromatic heterocycles. The highest BCUT2D eigenvalue weighted by Gasteiger charge is 2.24. The maximum absolute atomic E-state index is 12.3. The number of carbonyl (C=O) groups is 2. The highest BCUT2D eigenvalue weighted by atomic mass is 16.4. The van der Waals surface area contributed by atoms with Crippen LogP contribution in [0.1, 0.15) is 41.6 Å². The third kappa shape index (κ3) is 3.57. The van der Waals surface area contributed by atoms with Gasteiger partial charge in [0, 0.05) is 29.4 Å². The van der Waals surface area contributed by atoms with Crippen LogP contribution in [-0.2, 0) is 11.2 Å². The van der Waals surface area contributed by atoms with Gasteiger partial charge >= 0.3 is 5.97 Å². The summed E-state index contributed by atoms with van der Waals surface area (Å²) in [6, 6.07) is 9.89. The minimum absolute atomic E-state index is 0.119. The molecule has 3 rings (SSSR count). The minimum atomic E-state index is -1.09. The van der Waals surface area contributed by atoms with Crippen molar-refractivity contribution in [3.63, 3.8) is 0 Å². The van der Waals surface area contributed by atoms with E-state index in [9.17, 15) is 14.7 Å². The van der Waals surface area contributed by atoms with E-state index in [1.165, 1.54) is 0 Å². The summed E-state index contributed by atoms with van der Waals surface area (Å²) in [5.74, 6) is -0.654. The van der Waals surface area contributed by atoms with E-state index in [4.69, 9.17) is 4.42 Å². The normalized spacial score (nSPS) is 12.4. The van der Waals surface area contributed by atoms with Crippen LogP contribution in [0.2, 0.25) is 0 Å². The molecule has 0 aliphatic carbocycles. The van der Waals surface area contributed by atoms with Crippen LogP contribution in [0.4, 0.5) is 0 Å². The van der Waals surface area contributed by atoms with Gasteiger partial charge in [0.2, 0.25) is 0 Å². The summed E-state index contributed by atoms with van der Waals surface area (Å²) in [5, 5.41) is 13.0. The Morgan fingerprint density at radius 2 is 1.96 bits per heavy atom. The summed E-state index contributed by atoms with van der Waals surface area (Å²) in [6.07, 6.45) is 1.96. The molecule has 25 heavy (non-hydrogen) atoms. The van der Waals surface area contributed by atoms with Crippen LogP contribution in [0.15, 0.2) is 47.0 Å². The van der Waals surface area contributed by atoms with Gasteiger partial charge in [-0.25, -0.2) is 4.79 Å². The molecule has 6 nitrogen and oxygen atoms in total. The number of benzene rings is 1. The number of para-hydroxylation sites is 1. The molecule has 2 heterocycles. The monoisotopic (exact) mass is 340 g/mol. The van der Waals surface area contributed by atoms with Crippen molar-refractivity contribution < 1.29 is 19.1 Å². The summed E-state index contributed by atoms with van der Waals surface area (Å²) in [7, 11) is 0.